The fourth-order valence-corrected chi connectivity index (χ4v) is 4.19. The molecule has 1 N–H and O–H groups in total. The average molecular weight is 408 g/mol. The zero-order chi connectivity index (χ0) is 20.6. The molecule has 0 spiro atoms. The molecular weight excluding hydrogens is 392 g/mol. The number of rotatable bonds is 6. The molecule has 3 aromatic rings. The molecule has 1 aromatic heterocycles. The number of aliphatic hydroxyl groups is 1. The number of non-ortho nitro benzene ring substituents is 1. The summed E-state index contributed by atoms with van der Waals surface area (Å²) < 4.78 is 0. The molecule has 1 unspecified atom stereocenters. The molecule has 0 radical (unpaired) electrons. The van der Waals surface area contributed by atoms with Gasteiger partial charge in [-0.15, -0.1) is 11.3 Å². The van der Waals surface area contributed by atoms with E-state index < -0.39 is 28.6 Å². The summed E-state index contributed by atoms with van der Waals surface area (Å²) in [6.07, 6.45) is -0.443. The first-order chi connectivity index (χ1) is 13.9. The van der Waals surface area contributed by atoms with E-state index in [0.717, 1.165) is 4.88 Å². The molecule has 146 valence electrons. The van der Waals surface area contributed by atoms with Gasteiger partial charge in [-0.3, -0.25) is 19.7 Å². The van der Waals surface area contributed by atoms with Crippen LogP contribution < -0.4 is 4.90 Å². The zero-order valence-corrected chi connectivity index (χ0v) is 16.0. The highest BCUT2D eigenvalue weighted by atomic mass is 32.1. The van der Waals surface area contributed by atoms with Crippen molar-refractivity contribution in [3.8, 4) is 0 Å². The number of anilines is 1. The Hall–Kier alpha value is -3.36. The molecule has 2 aromatic carbocycles. The number of carbonyl (C=O) groups excluding carboxylic acids is 2. The van der Waals surface area contributed by atoms with Crippen LogP contribution in [0.4, 0.5) is 11.4 Å². The van der Waals surface area contributed by atoms with Crippen LogP contribution in [-0.2, 0) is 16.9 Å². The second kappa shape index (κ2) is 7.23. The predicted molar refractivity (Wildman–Crippen MR) is 108 cm³/mol. The molecule has 0 saturated heterocycles. The Morgan fingerprint density at radius 3 is 2.48 bits per heavy atom. The molecule has 7 nitrogen and oxygen atoms in total. The number of nitrogens with zero attached hydrogens (tertiary/aromatic N) is 2. The number of Topliss-reactive ketones (excluding diaryl/α,β-unsaturated/α-hetero) is 1. The molecule has 29 heavy (non-hydrogen) atoms. The lowest BCUT2D eigenvalue weighted by Gasteiger charge is -2.22. The monoisotopic (exact) mass is 408 g/mol. The standard InChI is InChI=1S/C21H16N2O5S/c24-19(14-7-9-15(10-8-14)23(27)28)12-21(26)17-5-1-2-6-18(17)22(20(21)25)13-16-4-3-11-29-16/h1-11,26H,12-13H2. The molecule has 4 rings (SSSR count). The zero-order valence-electron chi connectivity index (χ0n) is 15.1. The molecule has 1 amide bonds. The quantitative estimate of drug-likeness (QED) is 0.381. The van der Waals surface area contributed by atoms with Crippen LogP contribution in [0.15, 0.2) is 66.0 Å². The van der Waals surface area contributed by atoms with Gasteiger partial charge in [0.1, 0.15) is 0 Å². The molecule has 0 saturated carbocycles. The van der Waals surface area contributed by atoms with Crippen LogP contribution in [-0.4, -0.2) is 21.7 Å². The number of hydrogen-bond donors (Lipinski definition) is 1. The number of nitro benzene ring substituents is 1. The van der Waals surface area contributed by atoms with E-state index in [4.69, 9.17) is 0 Å². The highest BCUT2D eigenvalue weighted by Crippen LogP contribution is 2.43. The van der Waals surface area contributed by atoms with Gasteiger partial charge in [0.05, 0.1) is 23.6 Å². The van der Waals surface area contributed by atoms with Crippen molar-refractivity contribution in [2.45, 2.75) is 18.6 Å². The highest BCUT2D eigenvalue weighted by Gasteiger charge is 2.50. The minimum Gasteiger partial charge on any atom is -0.375 e. The van der Waals surface area contributed by atoms with Crippen LogP contribution in [0.25, 0.3) is 0 Å². The van der Waals surface area contributed by atoms with Crippen LogP contribution in [0.5, 0.6) is 0 Å². The minimum absolute atomic E-state index is 0.135. The number of nitro groups is 1. The van der Waals surface area contributed by atoms with Crippen molar-refractivity contribution in [2.75, 3.05) is 4.90 Å². The Labute approximate surface area is 170 Å². The van der Waals surface area contributed by atoms with E-state index in [1.807, 2.05) is 17.5 Å². The van der Waals surface area contributed by atoms with Gasteiger partial charge >= 0.3 is 0 Å². The van der Waals surface area contributed by atoms with Gasteiger partial charge in [-0.25, -0.2) is 0 Å². The number of amides is 1. The third-order valence-corrected chi connectivity index (χ3v) is 5.81. The van der Waals surface area contributed by atoms with E-state index in [0.29, 0.717) is 17.8 Å². The Kier molecular flexibility index (Phi) is 4.73. The maximum Gasteiger partial charge on any atom is 0.269 e. The Bertz CT molecular complexity index is 1090. The van der Waals surface area contributed by atoms with Gasteiger partial charge in [0.15, 0.2) is 11.4 Å². The first-order valence-electron chi connectivity index (χ1n) is 8.84. The molecule has 0 aliphatic carbocycles. The fraction of sp³-hybridized carbons (Fsp3) is 0.143. The van der Waals surface area contributed by atoms with Gasteiger partial charge in [0.2, 0.25) is 0 Å². The maximum absolute atomic E-state index is 13.2. The summed E-state index contributed by atoms with van der Waals surface area (Å²) in [4.78, 5) is 38.6. The lowest BCUT2D eigenvalue weighted by Crippen LogP contribution is -2.41. The Morgan fingerprint density at radius 2 is 1.83 bits per heavy atom. The SMILES string of the molecule is O=C(CC1(O)C(=O)N(Cc2cccs2)c2ccccc21)c1ccc([N+](=O)[O-])cc1. The van der Waals surface area contributed by atoms with Crippen LogP contribution in [0.1, 0.15) is 27.2 Å². The average Bonchev–Trinajstić information content (AvgIpc) is 3.30. The Morgan fingerprint density at radius 1 is 1.10 bits per heavy atom. The van der Waals surface area contributed by atoms with Gasteiger partial charge in [-0.05, 0) is 29.6 Å². The van der Waals surface area contributed by atoms with Crippen molar-refractivity contribution < 1.29 is 19.6 Å². The van der Waals surface area contributed by atoms with E-state index in [2.05, 4.69) is 0 Å². The van der Waals surface area contributed by atoms with Gasteiger partial charge in [-0.2, -0.15) is 0 Å². The summed E-state index contributed by atoms with van der Waals surface area (Å²) >= 11 is 1.50. The number of benzene rings is 2. The van der Waals surface area contributed by atoms with Crippen molar-refractivity contribution in [1.29, 1.82) is 0 Å². The molecule has 0 bridgehead atoms. The van der Waals surface area contributed by atoms with Gasteiger partial charge < -0.3 is 10.0 Å². The van der Waals surface area contributed by atoms with Crippen LogP contribution >= 0.6 is 11.3 Å². The number of hydrogen-bond acceptors (Lipinski definition) is 6. The van der Waals surface area contributed by atoms with Gasteiger partial charge in [-0.1, -0.05) is 24.3 Å². The van der Waals surface area contributed by atoms with Crippen molar-refractivity contribution >= 4 is 34.4 Å². The summed E-state index contributed by atoms with van der Waals surface area (Å²) in [6.45, 7) is 0.307. The van der Waals surface area contributed by atoms with E-state index in [-0.39, 0.29) is 11.3 Å². The lowest BCUT2D eigenvalue weighted by molar-refractivity contribution is -0.384. The van der Waals surface area contributed by atoms with E-state index in [9.17, 15) is 24.8 Å². The number of ketones is 1. The number of carbonyl (C=O) groups is 2. The normalized spacial score (nSPS) is 18.0. The lowest BCUT2D eigenvalue weighted by atomic mass is 9.88. The van der Waals surface area contributed by atoms with Crippen molar-refractivity contribution in [2.24, 2.45) is 0 Å². The summed E-state index contributed by atoms with van der Waals surface area (Å²) in [6, 6.07) is 15.8. The summed E-state index contributed by atoms with van der Waals surface area (Å²) in [5, 5.41) is 24.0. The number of para-hydroxylation sites is 1. The topological polar surface area (TPSA) is 101 Å². The van der Waals surface area contributed by atoms with Crippen LogP contribution in [0, 0.1) is 10.1 Å². The van der Waals surface area contributed by atoms with Gasteiger partial charge in [0, 0.05) is 28.1 Å². The molecule has 8 heteroatoms. The summed E-state index contributed by atoms with van der Waals surface area (Å²) in [5.74, 6) is -1.02. The number of fused-ring (bicyclic) bond motifs is 1. The van der Waals surface area contributed by atoms with Gasteiger partial charge in [0.25, 0.3) is 11.6 Å². The smallest absolute Gasteiger partial charge is 0.269 e. The predicted octanol–water partition coefficient (Wildman–Crippen LogP) is 3.66. The maximum atomic E-state index is 13.2. The van der Waals surface area contributed by atoms with Crippen molar-refractivity contribution in [3.05, 3.63) is 92.2 Å². The molecule has 1 aliphatic heterocycles. The molecule has 0 fully saturated rings. The third-order valence-electron chi connectivity index (χ3n) is 4.95. The third kappa shape index (κ3) is 3.32. The first kappa shape index (κ1) is 19.0. The van der Waals surface area contributed by atoms with Crippen molar-refractivity contribution in [3.63, 3.8) is 0 Å². The highest BCUT2D eigenvalue weighted by molar-refractivity contribution is 7.09. The molecule has 2 heterocycles. The fourth-order valence-electron chi connectivity index (χ4n) is 3.50. The van der Waals surface area contributed by atoms with E-state index in [1.54, 1.807) is 24.3 Å². The van der Waals surface area contributed by atoms with Crippen molar-refractivity contribution in [1.82, 2.24) is 0 Å². The largest absolute Gasteiger partial charge is 0.375 e. The summed E-state index contributed by atoms with van der Waals surface area (Å²) in [7, 11) is 0. The van der Waals surface area contributed by atoms with E-state index in [1.165, 1.54) is 40.5 Å². The minimum atomic E-state index is -1.98. The second-order valence-corrected chi connectivity index (χ2v) is 7.78. The van der Waals surface area contributed by atoms with Crippen LogP contribution in [0.2, 0.25) is 0 Å². The first-order valence-corrected chi connectivity index (χ1v) is 9.72. The molecular formula is C21H16N2O5S. The molecule has 1 atom stereocenters. The molecule has 1 aliphatic rings. The van der Waals surface area contributed by atoms with Crippen LogP contribution in [0.3, 0.4) is 0 Å². The summed E-state index contributed by atoms with van der Waals surface area (Å²) in [5.41, 5.74) is -0.954. The van der Waals surface area contributed by atoms with E-state index >= 15 is 0 Å². The Balaban J connectivity index is 1.64. The number of thiophene rings is 1. The second-order valence-electron chi connectivity index (χ2n) is 6.75.